The second-order valence-electron chi connectivity index (χ2n) is 4.01. The second-order valence-corrected chi connectivity index (χ2v) is 5.03. The van der Waals surface area contributed by atoms with E-state index in [0.717, 1.165) is 17.0 Å². The number of benzene rings is 2. The van der Waals surface area contributed by atoms with Crippen LogP contribution in [0.1, 0.15) is 11.1 Å². The van der Waals surface area contributed by atoms with E-state index in [1.54, 1.807) is 11.8 Å². The highest BCUT2D eigenvalue weighted by Gasteiger charge is 2.05. The molecule has 0 aliphatic rings. The fourth-order valence-corrected chi connectivity index (χ4v) is 2.54. The largest absolute Gasteiger partial charge is 0.392 e. The molecule has 0 amide bonds. The molecule has 19 heavy (non-hydrogen) atoms. The van der Waals surface area contributed by atoms with Crippen LogP contribution in [0.5, 0.6) is 0 Å². The Morgan fingerprint density at radius 2 is 1.58 bits per heavy atom. The van der Waals surface area contributed by atoms with Crippen LogP contribution in [-0.2, 0) is 5.75 Å². The van der Waals surface area contributed by atoms with Gasteiger partial charge in [0.2, 0.25) is 0 Å². The average molecular weight is 268 g/mol. The molecular formula is C16H16N2S. The molecule has 0 fully saturated rings. The van der Waals surface area contributed by atoms with Gasteiger partial charge in [-0.25, -0.2) is 0 Å². The van der Waals surface area contributed by atoms with Crippen LogP contribution < -0.4 is 5.73 Å². The molecule has 0 aliphatic heterocycles. The maximum absolute atomic E-state index is 6.12. The van der Waals surface area contributed by atoms with Crippen LogP contribution in [0.15, 0.2) is 70.7 Å². The van der Waals surface area contributed by atoms with E-state index in [0.29, 0.717) is 5.03 Å². The minimum Gasteiger partial charge on any atom is -0.392 e. The Kier molecular flexibility index (Phi) is 4.81. The molecular weight excluding hydrogens is 252 g/mol. The molecule has 0 saturated heterocycles. The minimum absolute atomic E-state index is 0.699. The summed E-state index contributed by atoms with van der Waals surface area (Å²) in [5, 5.41) is 0.699. The van der Waals surface area contributed by atoms with Gasteiger partial charge >= 0.3 is 0 Å². The number of aliphatic imine (C=N–C) groups is 1. The van der Waals surface area contributed by atoms with Gasteiger partial charge in [-0.15, -0.1) is 11.8 Å². The summed E-state index contributed by atoms with van der Waals surface area (Å²) in [7, 11) is 0. The first kappa shape index (κ1) is 13.4. The Labute approximate surface area is 118 Å². The topological polar surface area (TPSA) is 38.4 Å². The molecule has 0 unspecified atom stereocenters. The zero-order valence-corrected chi connectivity index (χ0v) is 11.4. The molecule has 0 aliphatic carbocycles. The van der Waals surface area contributed by atoms with Gasteiger partial charge < -0.3 is 5.73 Å². The van der Waals surface area contributed by atoms with Gasteiger partial charge in [-0.1, -0.05) is 60.7 Å². The van der Waals surface area contributed by atoms with Gasteiger partial charge in [-0.2, -0.15) is 0 Å². The lowest BCUT2D eigenvalue weighted by Gasteiger charge is -2.07. The first-order chi connectivity index (χ1) is 9.31. The summed E-state index contributed by atoms with van der Waals surface area (Å²) in [6, 6.07) is 20.1. The van der Waals surface area contributed by atoms with Gasteiger partial charge in [0.1, 0.15) is 0 Å². The van der Waals surface area contributed by atoms with E-state index in [4.69, 9.17) is 5.73 Å². The first-order valence-corrected chi connectivity index (χ1v) is 6.98. The average Bonchev–Trinajstić information content (AvgIpc) is 2.48. The molecule has 0 atom stereocenters. The molecule has 0 heterocycles. The Balaban J connectivity index is 2.13. The second kappa shape index (κ2) is 6.81. The standard InChI is InChI=1S/C16H16N2S/c1-18-15(14-10-6-3-7-11-14)16(17)19-12-13-8-4-2-5-9-13/h2-11H,1,12,17H2/b16-15-. The lowest BCUT2D eigenvalue weighted by Crippen LogP contribution is -1.98. The maximum atomic E-state index is 6.12. The number of nitrogens with two attached hydrogens (primary N) is 1. The van der Waals surface area contributed by atoms with E-state index in [2.05, 4.69) is 23.8 Å². The van der Waals surface area contributed by atoms with Crippen molar-refractivity contribution >= 4 is 24.2 Å². The highest BCUT2D eigenvalue weighted by Crippen LogP contribution is 2.26. The molecule has 0 aromatic heterocycles. The van der Waals surface area contributed by atoms with Crippen LogP contribution in [-0.4, -0.2) is 6.72 Å². The summed E-state index contributed by atoms with van der Waals surface area (Å²) in [5.41, 5.74) is 9.11. The van der Waals surface area contributed by atoms with Crippen molar-refractivity contribution in [3.63, 3.8) is 0 Å². The Bertz CT molecular complexity index is 562. The first-order valence-electron chi connectivity index (χ1n) is 6.00. The van der Waals surface area contributed by atoms with E-state index in [1.165, 1.54) is 5.56 Å². The molecule has 0 radical (unpaired) electrons. The predicted molar refractivity (Wildman–Crippen MR) is 84.8 cm³/mol. The molecule has 2 nitrogen and oxygen atoms in total. The molecule has 3 heteroatoms. The molecule has 0 bridgehead atoms. The van der Waals surface area contributed by atoms with Gasteiger partial charge in [0.05, 0.1) is 10.7 Å². The van der Waals surface area contributed by atoms with E-state index in [1.807, 2.05) is 48.5 Å². The van der Waals surface area contributed by atoms with Gasteiger partial charge in [-0.3, -0.25) is 4.99 Å². The van der Waals surface area contributed by atoms with Crippen molar-refractivity contribution in [3.8, 4) is 0 Å². The fraction of sp³-hybridized carbons (Fsp3) is 0.0625. The normalized spacial score (nSPS) is 11.8. The molecule has 2 aromatic carbocycles. The number of hydrogen-bond acceptors (Lipinski definition) is 3. The quantitative estimate of drug-likeness (QED) is 0.835. The zero-order chi connectivity index (χ0) is 13.5. The number of rotatable bonds is 5. The van der Waals surface area contributed by atoms with Crippen LogP contribution in [0, 0.1) is 0 Å². The van der Waals surface area contributed by atoms with Crippen LogP contribution in [0.2, 0.25) is 0 Å². The van der Waals surface area contributed by atoms with Crippen LogP contribution in [0.25, 0.3) is 5.70 Å². The molecule has 0 spiro atoms. The number of thioether (sulfide) groups is 1. The fourth-order valence-electron chi connectivity index (χ4n) is 1.71. The van der Waals surface area contributed by atoms with E-state index >= 15 is 0 Å². The van der Waals surface area contributed by atoms with Crippen molar-refractivity contribution in [2.24, 2.45) is 10.7 Å². The van der Waals surface area contributed by atoms with E-state index in [-0.39, 0.29) is 0 Å². The van der Waals surface area contributed by atoms with Crippen molar-refractivity contribution in [1.82, 2.24) is 0 Å². The summed E-state index contributed by atoms with van der Waals surface area (Å²) >= 11 is 1.58. The molecule has 96 valence electrons. The van der Waals surface area contributed by atoms with Crippen molar-refractivity contribution in [2.75, 3.05) is 0 Å². The van der Waals surface area contributed by atoms with Crippen molar-refractivity contribution in [2.45, 2.75) is 5.75 Å². The van der Waals surface area contributed by atoms with Gasteiger partial charge in [-0.05, 0) is 12.3 Å². The monoisotopic (exact) mass is 268 g/mol. The Hall–Kier alpha value is -2.00. The lowest BCUT2D eigenvalue weighted by molar-refractivity contribution is 1.39. The highest BCUT2D eigenvalue weighted by atomic mass is 32.2. The third kappa shape index (κ3) is 3.73. The summed E-state index contributed by atoms with van der Waals surface area (Å²) < 4.78 is 0. The molecule has 2 aromatic rings. The summed E-state index contributed by atoms with van der Waals surface area (Å²) in [4.78, 5) is 4.05. The van der Waals surface area contributed by atoms with E-state index in [9.17, 15) is 0 Å². The summed E-state index contributed by atoms with van der Waals surface area (Å²) in [6.07, 6.45) is 0. The Morgan fingerprint density at radius 1 is 1.00 bits per heavy atom. The molecule has 2 N–H and O–H groups in total. The summed E-state index contributed by atoms with van der Waals surface area (Å²) in [6.45, 7) is 3.61. The van der Waals surface area contributed by atoms with Crippen LogP contribution >= 0.6 is 11.8 Å². The zero-order valence-electron chi connectivity index (χ0n) is 10.6. The predicted octanol–water partition coefficient (Wildman–Crippen LogP) is 3.91. The third-order valence-corrected chi connectivity index (χ3v) is 3.66. The molecule has 2 rings (SSSR count). The molecule has 0 saturated carbocycles. The van der Waals surface area contributed by atoms with Crippen molar-refractivity contribution in [3.05, 3.63) is 76.8 Å². The summed E-state index contributed by atoms with van der Waals surface area (Å²) in [5.74, 6) is 0.832. The van der Waals surface area contributed by atoms with Crippen LogP contribution in [0.4, 0.5) is 0 Å². The minimum atomic E-state index is 0.699. The lowest BCUT2D eigenvalue weighted by atomic mass is 10.2. The Morgan fingerprint density at radius 3 is 2.16 bits per heavy atom. The number of nitrogens with zero attached hydrogens (tertiary/aromatic N) is 1. The third-order valence-electron chi connectivity index (χ3n) is 2.68. The smallest absolute Gasteiger partial charge is 0.0990 e. The van der Waals surface area contributed by atoms with Crippen molar-refractivity contribution < 1.29 is 0 Å². The highest BCUT2D eigenvalue weighted by molar-refractivity contribution is 8.02. The van der Waals surface area contributed by atoms with E-state index < -0.39 is 0 Å². The SMILES string of the molecule is C=N/C(=C(/N)SCc1ccccc1)c1ccccc1. The number of hydrogen-bond donors (Lipinski definition) is 1. The van der Waals surface area contributed by atoms with Gasteiger partial charge in [0.25, 0.3) is 0 Å². The van der Waals surface area contributed by atoms with Crippen LogP contribution in [0.3, 0.4) is 0 Å². The van der Waals surface area contributed by atoms with Gasteiger partial charge in [0.15, 0.2) is 0 Å². The van der Waals surface area contributed by atoms with Crippen molar-refractivity contribution in [1.29, 1.82) is 0 Å². The maximum Gasteiger partial charge on any atom is 0.0990 e. The van der Waals surface area contributed by atoms with Gasteiger partial charge in [0, 0.05) is 11.3 Å².